The van der Waals surface area contributed by atoms with Crippen molar-refractivity contribution in [3.63, 3.8) is 0 Å². The van der Waals surface area contributed by atoms with Crippen LogP contribution in [0.4, 0.5) is 0 Å². The van der Waals surface area contributed by atoms with E-state index in [1.165, 1.54) is 21.7 Å². The van der Waals surface area contributed by atoms with Gasteiger partial charge in [-0.1, -0.05) is 158 Å². The second-order valence-electron chi connectivity index (χ2n) is 12.5. The zero-order valence-electron chi connectivity index (χ0n) is 27.2. The highest BCUT2D eigenvalue weighted by Gasteiger charge is 2.13. The molecule has 0 aliphatic carbocycles. The smallest absolute Gasteiger partial charge is 0.160 e. The van der Waals surface area contributed by atoms with Crippen molar-refractivity contribution in [2.45, 2.75) is 0 Å². The number of hydrogen-bond acceptors (Lipinski definition) is 3. The second kappa shape index (κ2) is 12.7. The molecule has 0 N–H and O–H groups in total. The summed E-state index contributed by atoms with van der Waals surface area (Å²) in [6.07, 6.45) is 3.88. The number of aromatic nitrogens is 3. The van der Waals surface area contributed by atoms with Gasteiger partial charge in [0.25, 0.3) is 0 Å². The van der Waals surface area contributed by atoms with Crippen LogP contribution < -0.4 is 0 Å². The highest BCUT2D eigenvalue weighted by Crippen LogP contribution is 2.34. The van der Waals surface area contributed by atoms with Gasteiger partial charge in [0.05, 0.1) is 11.4 Å². The molecule has 234 valence electrons. The minimum absolute atomic E-state index is 0.700. The molecule has 3 nitrogen and oxygen atoms in total. The van der Waals surface area contributed by atoms with Gasteiger partial charge >= 0.3 is 0 Å². The Hall–Kier alpha value is -6.71. The fourth-order valence-electron chi connectivity index (χ4n) is 6.71. The van der Waals surface area contributed by atoms with Gasteiger partial charge in [-0.15, -0.1) is 0 Å². The fourth-order valence-corrected chi connectivity index (χ4v) is 6.71. The van der Waals surface area contributed by atoms with Crippen LogP contribution in [-0.2, 0) is 0 Å². The van der Waals surface area contributed by atoms with Gasteiger partial charge in [0.15, 0.2) is 5.82 Å². The van der Waals surface area contributed by atoms with E-state index in [-0.39, 0.29) is 0 Å². The van der Waals surface area contributed by atoms with E-state index < -0.39 is 0 Å². The molecule has 2 aromatic heterocycles. The predicted molar refractivity (Wildman–Crippen MR) is 207 cm³/mol. The van der Waals surface area contributed by atoms with Crippen molar-refractivity contribution in [2.24, 2.45) is 0 Å². The van der Waals surface area contributed by atoms with Crippen LogP contribution in [0, 0.1) is 0 Å². The average molecular weight is 638 g/mol. The number of fused-ring (bicyclic) bond motifs is 2. The standard InChI is InChI=1S/C47H31N3/c1-2-9-32(10-3-1)34-19-24-37(25-20-34)47-49-45(29-46(50-47)41-26-21-33-11-4-5-12-38(33)28-41)36-22-17-35(18-23-36)39-14-8-15-40(27-39)44-31-48-30-42-13-6-7-16-43(42)44/h1-31H. The zero-order valence-corrected chi connectivity index (χ0v) is 27.2. The van der Waals surface area contributed by atoms with Crippen LogP contribution in [-0.4, -0.2) is 15.0 Å². The Bertz CT molecular complexity index is 2620. The van der Waals surface area contributed by atoms with Crippen molar-refractivity contribution < 1.29 is 0 Å². The number of benzene rings is 7. The van der Waals surface area contributed by atoms with Crippen LogP contribution in [0.25, 0.3) is 88.8 Å². The number of rotatable bonds is 6. The third kappa shape index (κ3) is 5.72. The summed E-state index contributed by atoms with van der Waals surface area (Å²) in [4.78, 5) is 14.8. The van der Waals surface area contributed by atoms with E-state index in [4.69, 9.17) is 9.97 Å². The number of nitrogens with zero attached hydrogens (tertiary/aromatic N) is 3. The molecule has 0 amide bonds. The Kier molecular flexibility index (Phi) is 7.49. The fraction of sp³-hybridized carbons (Fsp3) is 0. The molecule has 50 heavy (non-hydrogen) atoms. The Balaban J connectivity index is 1.10. The molecule has 3 heteroatoms. The highest BCUT2D eigenvalue weighted by atomic mass is 14.9. The summed E-state index contributed by atoms with van der Waals surface area (Å²) >= 11 is 0. The molecule has 9 aromatic rings. The zero-order chi connectivity index (χ0) is 33.3. The van der Waals surface area contributed by atoms with Gasteiger partial charge in [0.1, 0.15) is 0 Å². The van der Waals surface area contributed by atoms with E-state index in [2.05, 4.69) is 175 Å². The molecule has 0 aliphatic rings. The molecule has 0 spiro atoms. The first kappa shape index (κ1) is 29.4. The maximum absolute atomic E-state index is 5.13. The Morgan fingerprint density at radius 2 is 0.860 bits per heavy atom. The molecule has 0 aliphatic heterocycles. The maximum Gasteiger partial charge on any atom is 0.160 e. The van der Waals surface area contributed by atoms with Crippen LogP contribution in [0.1, 0.15) is 0 Å². The molecule has 0 saturated heterocycles. The molecule has 0 saturated carbocycles. The first-order valence-electron chi connectivity index (χ1n) is 16.8. The van der Waals surface area contributed by atoms with Crippen molar-refractivity contribution >= 4 is 21.5 Å². The van der Waals surface area contributed by atoms with Crippen LogP contribution in [0.3, 0.4) is 0 Å². The third-order valence-electron chi connectivity index (χ3n) is 9.38. The molecule has 0 fully saturated rings. The summed E-state index contributed by atoms with van der Waals surface area (Å²) in [7, 11) is 0. The van der Waals surface area contributed by atoms with E-state index in [0.29, 0.717) is 5.82 Å². The number of pyridine rings is 1. The minimum atomic E-state index is 0.700. The average Bonchev–Trinajstić information content (AvgIpc) is 3.21. The van der Waals surface area contributed by atoms with E-state index in [9.17, 15) is 0 Å². The van der Waals surface area contributed by atoms with Crippen molar-refractivity contribution in [3.05, 3.63) is 188 Å². The minimum Gasteiger partial charge on any atom is -0.263 e. The summed E-state index contributed by atoms with van der Waals surface area (Å²) in [5.41, 5.74) is 11.8. The van der Waals surface area contributed by atoms with Gasteiger partial charge in [-0.2, -0.15) is 0 Å². The molecule has 0 unspecified atom stereocenters. The summed E-state index contributed by atoms with van der Waals surface area (Å²) in [5, 5.41) is 4.73. The lowest BCUT2D eigenvalue weighted by atomic mass is 9.96. The normalized spacial score (nSPS) is 11.2. The van der Waals surface area contributed by atoms with Crippen molar-refractivity contribution in [2.75, 3.05) is 0 Å². The predicted octanol–water partition coefficient (Wildman–Crippen LogP) is 12.2. The Morgan fingerprint density at radius 3 is 1.66 bits per heavy atom. The van der Waals surface area contributed by atoms with Crippen molar-refractivity contribution in [1.29, 1.82) is 0 Å². The molecule has 0 atom stereocenters. The van der Waals surface area contributed by atoms with E-state index in [1.807, 2.05) is 18.5 Å². The molecule has 0 radical (unpaired) electrons. The van der Waals surface area contributed by atoms with Crippen LogP contribution in [0.2, 0.25) is 0 Å². The molecule has 0 bridgehead atoms. The van der Waals surface area contributed by atoms with E-state index in [1.54, 1.807) is 0 Å². The van der Waals surface area contributed by atoms with E-state index >= 15 is 0 Å². The lowest BCUT2D eigenvalue weighted by Crippen LogP contribution is -1.96. The SMILES string of the molecule is c1ccc(-c2ccc(-c3nc(-c4ccc(-c5cccc(-c6cncc7ccccc67)c5)cc4)cc(-c4ccc5ccccc5c4)n3)cc2)cc1. The second-order valence-corrected chi connectivity index (χ2v) is 12.5. The highest BCUT2D eigenvalue weighted by molar-refractivity contribution is 5.96. The van der Waals surface area contributed by atoms with Gasteiger partial charge in [0, 0.05) is 40.0 Å². The first-order chi connectivity index (χ1) is 24.7. The lowest BCUT2D eigenvalue weighted by molar-refractivity contribution is 1.18. The Labute approximate surface area is 291 Å². The molecule has 2 heterocycles. The first-order valence-corrected chi connectivity index (χ1v) is 16.8. The molecular weight excluding hydrogens is 607 g/mol. The molecule has 9 rings (SSSR count). The molecule has 7 aromatic carbocycles. The Morgan fingerprint density at radius 1 is 0.300 bits per heavy atom. The largest absolute Gasteiger partial charge is 0.263 e. The topological polar surface area (TPSA) is 38.7 Å². The number of hydrogen-bond donors (Lipinski definition) is 0. The summed E-state index contributed by atoms with van der Waals surface area (Å²) in [6.45, 7) is 0. The monoisotopic (exact) mass is 637 g/mol. The van der Waals surface area contributed by atoms with Crippen molar-refractivity contribution in [1.82, 2.24) is 15.0 Å². The summed E-state index contributed by atoms with van der Waals surface area (Å²) < 4.78 is 0. The molecular formula is C47H31N3. The van der Waals surface area contributed by atoms with Crippen LogP contribution >= 0.6 is 0 Å². The summed E-state index contributed by atoms with van der Waals surface area (Å²) in [5.74, 6) is 0.700. The van der Waals surface area contributed by atoms with Crippen LogP contribution in [0.15, 0.2) is 188 Å². The lowest BCUT2D eigenvalue weighted by Gasteiger charge is -2.12. The van der Waals surface area contributed by atoms with Gasteiger partial charge in [-0.3, -0.25) is 4.98 Å². The van der Waals surface area contributed by atoms with Gasteiger partial charge in [-0.05, 0) is 62.2 Å². The van der Waals surface area contributed by atoms with E-state index in [0.717, 1.165) is 61.3 Å². The quantitative estimate of drug-likeness (QED) is 0.182. The maximum atomic E-state index is 5.13. The third-order valence-corrected chi connectivity index (χ3v) is 9.38. The van der Waals surface area contributed by atoms with Gasteiger partial charge < -0.3 is 0 Å². The summed E-state index contributed by atoms with van der Waals surface area (Å²) in [6, 6.07) is 61.8. The van der Waals surface area contributed by atoms with Gasteiger partial charge in [0.2, 0.25) is 0 Å². The van der Waals surface area contributed by atoms with Crippen LogP contribution in [0.5, 0.6) is 0 Å². The van der Waals surface area contributed by atoms with Gasteiger partial charge in [-0.25, -0.2) is 9.97 Å². The van der Waals surface area contributed by atoms with Crippen molar-refractivity contribution in [3.8, 4) is 67.3 Å².